The highest BCUT2D eigenvalue weighted by atomic mass is 16.1. The van der Waals surface area contributed by atoms with Crippen LogP contribution in [0.2, 0.25) is 0 Å². The number of carbonyl (C=O) groups excluding carboxylic acids is 1. The van der Waals surface area contributed by atoms with Gasteiger partial charge in [-0.2, -0.15) is 0 Å². The third kappa shape index (κ3) is 2.66. The summed E-state index contributed by atoms with van der Waals surface area (Å²) in [4.78, 5) is 18.3. The smallest absolute Gasteiger partial charge is 0.146 e. The fourth-order valence-corrected chi connectivity index (χ4v) is 2.81. The highest BCUT2D eigenvalue weighted by Gasteiger charge is 2.17. The van der Waals surface area contributed by atoms with Crippen molar-refractivity contribution in [2.75, 3.05) is 13.1 Å². The number of hydrogen-bond acceptors (Lipinski definition) is 3. The molecule has 0 atom stereocenters. The molecule has 0 spiro atoms. The summed E-state index contributed by atoms with van der Waals surface area (Å²) < 4.78 is 0. The molecular formula is C16H18N2O. The number of ketones is 1. The summed E-state index contributed by atoms with van der Waals surface area (Å²) in [7, 11) is 0. The fourth-order valence-electron chi connectivity index (χ4n) is 2.81. The standard InChI is InChI=1S/C16H18N2O/c1-12-9-13(10-18-8-4-5-14(19)11-18)15-6-2-3-7-16(15)17-12/h2-3,6-7,9H,4-5,8,10-11H2,1H3. The first-order valence-corrected chi connectivity index (χ1v) is 6.82. The third-order valence-electron chi connectivity index (χ3n) is 3.65. The number of para-hydroxylation sites is 1. The average molecular weight is 254 g/mol. The monoisotopic (exact) mass is 254 g/mol. The van der Waals surface area contributed by atoms with E-state index in [0.717, 1.165) is 37.1 Å². The number of benzene rings is 1. The van der Waals surface area contributed by atoms with Crippen LogP contribution in [0, 0.1) is 6.92 Å². The fraction of sp³-hybridized carbons (Fsp3) is 0.375. The van der Waals surface area contributed by atoms with Crippen LogP contribution in [0.4, 0.5) is 0 Å². The van der Waals surface area contributed by atoms with Crippen molar-refractivity contribution < 1.29 is 4.79 Å². The highest BCUT2D eigenvalue weighted by Crippen LogP contribution is 2.21. The van der Waals surface area contributed by atoms with E-state index in [1.165, 1.54) is 10.9 Å². The van der Waals surface area contributed by atoms with Gasteiger partial charge in [0.25, 0.3) is 0 Å². The van der Waals surface area contributed by atoms with Crippen LogP contribution in [0.1, 0.15) is 24.1 Å². The van der Waals surface area contributed by atoms with E-state index in [1.807, 2.05) is 25.1 Å². The number of nitrogens with zero attached hydrogens (tertiary/aromatic N) is 2. The first-order chi connectivity index (χ1) is 9.22. The van der Waals surface area contributed by atoms with Crippen molar-refractivity contribution in [2.45, 2.75) is 26.3 Å². The van der Waals surface area contributed by atoms with Gasteiger partial charge in [0.1, 0.15) is 5.78 Å². The van der Waals surface area contributed by atoms with Crippen LogP contribution in [0.25, 0.3) is 10.9 Å². The van der Waals surface area contributed by atoms with Gasteiger partial charge in [0.15, 0.2) is 0 Å². The molecule has 0 saturated carbocycles. The second kappa shape index (κ2) is 5.10. The van der Waals surface area contributed by atoms with E-state index in [1.54, 1.807) is 0 Å². The first kappa shape index (κ1) is 12.3. The summed E-state index contributed by atoms with van der Waals surface area (Å²) in [5, 5.41) is 1.20. The third-order valence-corrected chi connectivity index (χ3v) is 3.65. The zero-order valence-electron chi connectivity index (χ0n) is 11.2. The van der Waals surface area contributed by atoms with Gasteiger partial charge >= 0.3 is 0 Å². The Hall–Kier alpha value is -1.74. The van der Waals surface area contributed by atoms with Gasteiger partial charge < -0.3 is 0 Å². The summed E-state index contributed by atoms with van der Waals surface area (Å²) in [6.07, 6.45) is 1.73. The minimum Gasteiger partial charge on any atom is -0.298 e. The Bertz CT molecular complexity index is 621. The topological polar surface area (TPSA) is 33.2 Å². The van der Waals surface area contributed by atoms with Crippen LogP contribution in [0.3, 0.4) is 0 Å². The lowest BCUT2D eigenvalue weighted by atomic mass is 10.0. The Kier molecular flexibility index (Phi) is 3.30. The van der Waals surface area contributed by atoms with Gasteiger partial charge in [-0.15, -0.1) is 0 Å². The molecule has 3 rings (SSSR count). The van der Waals surface area contributed by atoms with E-state index in [2.05, 4.69) is 22.0 Å². The van der Waals surface area contributed by atoms with Crippen LogP contribution >= 0.6 is 0 Å². The summed E-state index contributed by atoms with van der Waals surface area (Å²) in [5.41, 5.74) is 3.36. The van der Waals surface area contributed by atoms with E-state index in [4.69, 9.17) is 0 Å². The maximum absolute atomic E-state index is 11.5. The molecule has 0 bridgehead atoms. The largest absolute Gasteiger partial charge is 0.298 e. The first-order valence-electron chi connectivity index (χ1n) is 6.82. The molecule has 2 heterocycles. The second-order valence-electron chi connectivity index (χ2n) is 5.29. The van der Waals surface area contributed by atoms with Crippen molar-refractivity contribution in [3.63, 3.8) is 0 Å². The molecule has 0 N–H and O–H groups in total. The molecule has 98 valence electrons. The highest BCUT2D eigenvalue weighted by molar-refractivity contribution is 5.83. The number of hydrogen-bond donors (Lipinski definition) is 0. The average Bonchev–Trinajstić information content (AvgIpc) is 2.38. The molecule has 1 aromatic carbocycles. The molecule has 3 nitrogen and oxygen atoms in total. The number of likely N-dealkylation sites (tertiary alicyclic amines) is 1. The van der Waals surface area contributed by atoms with Gasteiger partial charge in [0.05, 0.1) is 12.1 Å². The predicted octanol–water partition coefficient (Wildman–Crippen LogP) is 2.71. The van der Waals surface area contributed by atoms with E-state index < -0.39 is 0 Å². The Labute approximate surface area is 113 Å². The number of piperidine rings is 1. The van der Waals surface area contributed by atoms with Crippen molar-refractivity contribution in [1.29, 1.82) is 0 Å². The van der Waals surface area contributed by atoms with Crippen molar-refractivity contribution in [2.24, 2.45) is 0 Å². The summed E-state index contributed by atoms with van der Waals surface area (Å²) >= 11 is 0. The second-order valence-corrected chi connectivity index (χ2v) is 5.29. The van der Waals surface area contributed by atoms with Gasteiger partial charge in [0, 0.05) is 24.0 Å². The Morgan fingerprint density at radius 2 is 2.16 bits per heavy atom. The maximum Gasteiger partial charge on any atom is 0.146 e. The van der Waals surface area contributed by atoms with Crippen LogP contribution in [0.5, 0.6) is 0 Å². The number of Topliss-reactive ketones (excluding diaryl/α,β-unsaturated/α-hetero) is 1. The van der Waals surface area contributed by atoms with Crippen molar-refractivity contribution in [3.05, 3.63) is 41.6 Å². The molecule has 0 amide bonds. The normalized spacial score (nSPS) is 17.0. The SMILES string of the molecule is Cc1cc(CN2CCCC(=O)C2)c2ccccc2n1. The Morgan fingerprint density at radius 1 is 1.32 bits per heavy atom. The van der Waals surface area contributed by atoms with Gasteiger partial charge in [0.2, 0.25) is 0 Å². The molecule has 1 fully saturated rings. The zero-order valence-corrected chi connectivity index (χ0v) is 11.2. The molecule has 3 heteroatoms. The van der Waals surface area contributed by atoms with E-state index in [9.17, 15) is 4.79 Å². The molecule has 0 aliphatic carbocycles. The lowest BCUT2D eigenvalue weighted by Gasteiger charge is -2.26. The van der Waals surface area contributed by atoms with Crippen LogP contribution in [0.15, 0.2) is 30.3 Å². The number of aryl methyl sites for hydroxylation is 1. The number of pyridine rings is 1. The minimum absolute atomic E-state index is 0.362. The van der Waals surface area contributed by atoms with Gasteiger partial charge in [-0.1, -0.05) is 18.2 Å². The van der Waals surface area contributed by atoms with Gasteiger partial charge in [-0.05, 0) is 37.6 Å². The summed E-state index contributed by atoms with van der Waals surface area (Å²) in [6.45, 7) is 4.48. The van der Waals surface area contributed by atoms with E-state index in [0.29, 0.717) is 12.3 Å². The Balaban J connectivity index is 1.93. The quantitative estimate of drug-likeness (QED) is 0.826. The molecular weight excluding hydrogens is 236 g/mol. The molecule has 0 unspecified atom stereocenters. The van der Waals surface area contributed by atoms with E-state index in [-0.39, 0.29) is 0 Å². The number of rotatable bonds is 2. The lowest BCUT2D eigenvalue weighted by molar-refractivity contribution is -0.122. The number of fused-ring (bicyclic) bond motifs is 1. The molecule has 1 aliphatic rings. The molecule has 2 aromatic rings. The number of aromatic nitrogens is 1. The number of carbonyl (C=O) groups is 1. The molecule has 19 heavy (non-hydrogen) atoms. The predicted molar refractivity (Wildman–Crippen MR) is 76.0 cm³/mol. The molecule has 1 aliphatic heterocycles. The zero-order chi connectivity index (χ0) is 13.2. The molecule has 1 saturated heterocycles. The van der Waals surface area contributed by atoms with Gasteiger partial charge in [-0.25, -0.2) is 0 Å². The van der Waals surface area contributed by atoms with Crippen LogP contribution in [-0.2, 0) is 11.3 Å². The minimum atomic E-state index is 0.362. The van der Waals surface area contributed by atoms with Crippen LogP contribution < -0.4 is 0 Å². The van der Waals surface area contributed by atoms with Crippen molar-refractivity contribution in [1.82, 2.24) is 9.88 Å². The Morgan fingerprint density at radius 3 is 3.00 bits per heavy atom. The van der Waals surface area contributed by atoms with Crippen molar-refractivity contribution >= 4 is 16.7 Å². The summed E-state index contributed by atoms with van der Waals surface area (Å²) in [6, 6.07) is 10.4. The maximum atomic E-state index is 11.5. The summed E-state index contributed by atoms with van der Waals surface area (Å²) in [5.74, 6) is 0.362. The lowest BCUT2D eigenvalue weighted by Crippen LogP contribution is -2.35. The van der Waals surface area contributed by atoms with Crippen LogP contribution in [-0.4, -0.2) is 28.8 Å². The van der Waals surface area contributed by atoms with Gasteiger partial charge in [-0.3, -0.25) is 14.7 Å². The molecule has 0 radical (unpaired) electrons. The van der Waals surface area contributed by atoms with E-state index >= 15 is 0 Å². The molecule has 1 aromatic heterocycles. The van der Waals surface area contributed by atoms with Crippen molar-refractivity contribution in [3.8, 4) is 0 Å².